The van der Waals surface area contributed by atoms with Gasteiger partial charge in [-0.05, 0) is 43.5 Å². The van der Waals surface area contributed by atoms with Crippen LogP contribution in [0.15, 0.2) is 36.7 Å². The number of carbonyl (C=O) groups excluding carboxylic acids is 1. The molecule has 0 spiro atoms. The van der Waals surface area contributed by atoms with E-state index in [1.54, 1.807) is 32.7 Å². The van der Waals surface area contributed by atoms with Gasteiger partial charge in [-0.25, -0.2) is 9.97 Å². The molecule has 2 heterocycles. The molecule has 1 aromatic carbocycles. The van der Waals surface area contributed by atoms with Crippen molar-refractivity contribution in [3.05, 3.63) is 42.2 Å². The molecule has 1 saturated heterocycles. The molecule has 1 fully saturated rings. The zero-order chi connectivity index (χ0) is 19.2. The Morgan fingerprint density at radius 1 is 1.22 bits per heavy atom. The summed E-state index contributed by atoms with van der Waals surface area (Å²) in [6.45, 7) is 3.48. The Kier molecular flexibility index (Phi) is 6.11. The molecule has 1 aliphatic heterocycles. The number of anilines is 1. The Hall–Kier alpha value is -2.83. The van der Waals surface area contributed by atoms with Crippen LogP contribution in [0.1, 0.15) is 31.4 Å². The normalized spacial score (nSPS) is 17.9. The van der Waals surface area contributed by atoms with Gasteiger partial charge in [0, 0.05) is 25.5 Å². The highest BCUT2D eigenvalue weighted by Crippen LogP contribution is 2.30. The number of hydrogen-bond donors (Lipinski definition) is 1. The smallest absolute Gasteiger partial charge is 0.225 e. The largest absolute Gasteiger partial charge is 0.493 e. The number of methoxy groups -OCH3 is 2. The third kappa shape index (κ3) is 4.48. The van der Waals surface area contributed by atoms with Crippen LogP contribution in [-0.4, -0.2) is 43.2 Å². The van der Waals surface area contributed by atoms with Crippen molar-refractivity contribution < 1.29 is 14.3 Å². The van der Waals surface area contributed by atoms with E-state index in [1.807, 2.05) is 25.1 Å². The van der Waals surface area contributed by atoms with E-state index >= 15 is 0 Å². The summed E-state index contributed by atoms with van der Waals surface area (Å²) in [5.74, 6) is 1.98. The van der Waals surface area contributed by atoms with Crippen LogP contribution >= 0.6 is 0 Å². The first kappa shape index (κ1) is 18.9. The molecule has 7 heteroatoms. The second kappa shape index (κ2) is 8.70. The maximum atomic E-state index is 12.8. The fraction of sp³-hybridized carbons (Fsp3) is 0.450. The Balaban J connectivity index is 1.64. The molecule has 1 aliphatic rings. The van der Waals surface area contributed by atoms with E-state index in [0.29, 0.717) is 24.0 Å². The molecule has 2 unspecified atom stereocenters. The van der Waals surface area contributed by atoms with Crippen molar-refractivity contribution in [2.45, 2.75) is 25.8 Å². The third-order valence-electron chi connectivity index (χ3n) is 4.89. The predicted octanol–water partition coefficient (Wildman–Crippen LogP) is 2.59. The van der Waals surface area contributed by atoms with E-state index in [0.717, 1.165) is 24.9 Å². The molecule has 1 amide bonds. The summed E-state index contributed by atoms with van der Waals surface area (Å²) < 4.78 is 10.6. The van der Waals surface area contributed by atoms with Crippen LogP contribution in [0.5, 0.6) is 11.5 Å². The number of ether oxygens (including phenoxy) is 2. The highest BCUT2D eigenvalue weighted by Gasteiger charge is 2.28. The van der Waals surface area contributed by atoms with Gasteiger partial charge >= 0.3 is 0 Å². The van der Waals surface area contributed by atoms with Gasteiger partial charge in [-0.3, -0.25) is 4.79 Å². The van der Waals surface area contributed by atoms with Crippen molar-refractivity contribution in [3.63, 3.8) is 0 Å². The first-order valence-electron chi connectivity index (χ1n) is 9.16. The summed E-state index contributed by atoms with van der Waals surface area (Å²) in [5, 5.41) is 3.12. The monoisotopic (exact) mass is 370 g/mol. The minimum atomic E-state index is -0.124. The molecule has 0 radical (unpaired) electrons. The van der Waals surface area contributed by atoms with Crippen molar-refractivity contribution in [2.75, 3.05) is 32.2 Å². The Morgan fingerprint density at radius 3 is 2.67 bits per heavy atom. The SMILES string of the molecule is COc1ccc(C(C)NC(=O)C2CCCN(c3ncccn3)C2)cc1OC. The number of nitrogens with zero attached hydrogens (tertiary/aromatic N) is 3. The number of amides is 1. The maximum Gasteiger partial charge on any atom is 0.225 e. The summed E-state index contributed by atoms with van der Waals surface area (Å²) in [5.41, 5.74) is 0.972. The molecule has 0 bridgehead atoms. The lowest BCUT2D eigenvalue weighted by atomic mass is 9.96. The van der Waals surface area contributed by atoms with Crippen LogP contribution in [-0.2, 0) is 4.79 Å². The van der Waals surface area contributed by atoms with Gasteiger partial charge in [0.25, 0.3) is 0 Å². The minimum Gasteiger partial charge on any atom is -0.493 e. The second-order valence-corrected chi connectivity index (χ2v) is 6.68. The summed E-state index contributed by atoms with van der Waals surface area (Å²) in [6, 6.07) is 7.36. The number of aromatic nitrogens is 2. The molecule has 1 N–H and O–H groups in total. The van der Waals surface area contributed by atoms with Gasteiger partial charge in [0.15, 0.2) is 11.5 Å². The molecular weight excluding hydrogens is 344 g/mol. The Labute approximate surface area is 159 Å². The van der Waals surface area contributed by atoms with Crippen LogP contribution in [0.4, 0.5) is 5.95 Å². The number of nitrogens with one attached hydrogen (secondary N) is 1. The Morgan fingerprint density at radius 2 is 1.96 bits per heavy atom. The Bertz CT molecular complexity index is 769. The van der Waals surface area contributed by atoms with Crippen molar-refractivity contribution in [3.8, 4) is 11.5 Å². The summed E-state index contributed by atoms with van der Waals surface area (Å²) in [7, 11) is 3.21. The molecule has 2 atom stereocenters. The van der Waals surface area contributed by atoms with E-state index in [1.165, 1.54) is 0 Å². The number of benzene rings is 1. The van der Waals surface area contributed by atoms with Gasteiger partial charge in [-0.1, -0.05) is 6.07 Å². The summed E-state index contributed by atoms with van der Waals surface area (Å²) >= 11 is 0. The van der Waals surface area contributed by atoms with Crippen molar-refractivity contribution in [1.82, 2.24) is 15.3 Å². The second-order valence-electron chi connectivity index (χ2n) is 6.68. The maximum absolute atomic E-state index is 12.8. The lowest BCUT2D eigenvalue weighted by Crippen LogP contribution is -2.44. The highest BCUT2D eigenvalue weighted by molar-refractivity contribution is 5.80. The standard InChI is InChI=1S/C20H26N4O3/c1-14(15-7-8-17(26-2)18(12-15)27-3)23-19(25)16-6-4-11-24(13-16)20-21-9-5-10-22-20/h5,7-10,12,14,16H,4,6,11,13H2,1-3H3,(H,23,25). The van der Waals surface area contributed by atoms with Crippen molar-refractivity contribution in [2.24, 2.45) is 5.92 Å². The minimum absolute atomic E-state index is 0.0536. The lowest BCUT2D eigenvalue weighted by molar-refractivity contribution is -0.125. The molecule has 0 saturated carbocycles. The molecule has 1 aromatic heterocycles. The quantitative estimate of drug-likeness (QED) is 0.842. The molecule has 2 aromatic rings. The zero-order valence-corrected chi connectivity index (χ0v) is 16.0. The van der Waals surface area contributed by atoms with Crippen LogP contribution in [0.3, 0.4) is 0 Å². The fourth-order valence-electron chi connectivity index (χ4n) is 3.36. The molecule has 7 nitrogen and oxygen atoms in total. The first-order chi connectivity index (χ1) is 13.1. The summed E-state index contributed by atoms with van der Waals surface area (Å²) in [6.07, 6.45) is 5.27. The first-order valence-corrected chi connectivity index (χ1v) is 9.16. The van der Waals surface area contributed by atoms with E-state index in [-0.39, 0.29) is 17.9 Å². The molecular formula is C20H26N4O3. The zero-order valence-electron chi connectivity index (χ0n) is 16.0. The fourth-order valence-corrected chi connectivity index (χ4v) is 3.36. The molecule has 144 valence electrons. The number of piperidine rings is 1. The molecule has 27 heavy (non-hydrogen) atoms. The molecule has 3 rings (SSSR count). The van der Waals surface area contributed by atoms with Gasteiger partial charge in [-0.15, -0.1) is 0 Å². The van der Waals surface area contributed by atoms with Crippen LogP contribution in [0, 0.1) is 5.92 Å². The van der Waals surface area contributed by atoms with E-state index in [9.17, 15) is 4.79 Å². The van der Waals surface area contributed by atoms with Crippen LogP contribution in [0.25, 0.3) is 0 Å². The predicted molar refractivity (Wildman–Crippen MR) is 103 cm³/mol. The van der Waals surface area contributed by atoms with Gasteiger partial charge < -0.3 is 19.7 Å². The van der Waals surface area contributed by atoms with Crippen molar-refractivity contribution >= 4 is 11.9 Å². The van der Waals surface area contributed by atoms with Crippen LogP contribution in [0.2, 0.25) is 0 Å². The van der Waals surface area contributed by atoms with Gasteiger partial charge in [0.1, 0.15) is 0 Å². The van der Waals surface area contributed by atoms with Crippen molar-refractivity contribution in [1.29, 1.82) is 0 Å². The highest BCUT2D eigenvalue weighted by atomic mass is 16.5. The third-order valence-corrected chi connectivity index (χ3v) is 4.89. The topological polar surface area (TPSA) is 76.6 Å². The average molecular weight is 370 g/mol. The summed E-state index contributed by atoms with van der Waals surface area (Å²) in [4.78, 5) is 23.5. The van der Waals surface area contributed by atoms with Crippen LogP contribution < -0.4 is 19.7 Å². The van der Waals surface area contributed by atoms with Gasteiger partial charge in [0.2, 0.25) is 11.9 Å². The molecule has 0 aliphatic carbocycles. The average Bonchev–Trinajstić information content (AvgIpc) is 2.73. The van der Waals surface area contributed by atoms with E-state index in [2.05, 4.69) is 20.2 Å². The van der Waals surface area contributed by atoms with E-state index < -0.39 is 0 Å². The van der Waals surface area contributed by atoms with E-state index in [4.69, 9.17) is 9.47 Å². The van der Waals surface area contributed by atoms with Gasteiger partial charge in [0.05, 0.1) is 26.2 Å². The number of rotatable bonds is 6. The lowest BCUT2D eigenvalue weighted by Gasteiger charge is -2.32. The van der Waals surface area contributed by atoms with Gasteiger partial charge in [-0.2, -0.15) is 0 Å². The number of hydrogen-bond acceptors (Lipinski definition) is 6. The number of carbonyl (C=O) groups is 1.